The minimum atomic E-state index is -1.47. The number of epoxide rings is 1. The van der Waals surface area contributed by atoms with Crippen molar-refractivity contribution in [1.82, 2.24) is 0 Å². The molecule has 8 heteroatoms. The van der Waals surface area contributed by atoms with Gasteiger partial charge in [-0.2, -0.15) is 0 Å². The predicted molar refractivity (Wildman–Crippen MR) is 70.5 cm³/mol. The fourth-order valence-corrected chi connectivity index (χ4v) is 2.84. The Labute approximate surface area is 127 Å². The number of esters is 3. The Morgan fingerprint density at radius 1 is 1.14 bits per heavy atom. The van der Waals surface area contributed by atoms with Crippen LogP contribution in [-0.4, -0.2) is 60.1 Å². The third-order valence-electron chi connectivity index (χ3n) is 3.92. The van der Waals surface area contributed by atoms with Crippen LogP contribution in [-0.2, 0) is 33.3 Å². The van der Waals surface area contributed by atoms with Gasteiger partial charge in [0.25, 0.3) is 0 Å². The SMILES string of the molecule is CC(=O)OC[C@@H]1C[C@@H](OC(C)=O)[C@H]2O[C@H]2[C@]1(O)COC(C)=O. The number of rotatable bonds is 5. The van der Waals surface area contributed by atoms with E-state index in [9.17, 15) is 19.5 Å². The monoisotopic (exact) mass is 316 g/mol. The molecule has 8 nitrogen and oxygen atoms in total. The highest BCUT2D eigenvalue weighted by Gasteiger charge is 2.66. The summed E-state index contributed by atoms with van der Waals surface area (Å²) in [5.41, 5.74) is -1.47. The number of ether oxygens (including phenoxy) is 4. The van der Waals surface area contributed by atoms with Crippen molar-refractivity contribution in [2.24, 2.45) is 5.92 Å². The maximum atomic E-state index is 11.1. The summed E-state index contributed by atoms with van der Waals surface area (Å²) in [6.45, 7) is 3.45. The highest BCUT2D eigenvalue weighted by molar-refractivity contribution is 5.67. The molecule has 0 radical (unpaired) electrons. The molecule has 0 aromatic heterocycles. The van der Waals surface area contributed by atoms with Crippen LogP contribution < -0.4 is 0 Å². The summed E-state index contributed by atoms with van der Waals surface area (Å²) in [6.07, 6.45) is -1.31. The van der Waals surface area contributed by atoms with Gasteiger partial charge in [0.15, 0.2) is 0 Å². The maximum absolute atomic E-state index is 11.1. The first-order valence-corrected chi connectivity index (χ1v) is 7.06. The van der Waals surface area contributed by atoms with E-state index in [-0.39, 0.29) is 19.6 Å². The fourth-order valence-electron chi connectivity index (χ4n) is 2.84. The van der Waals surface area contributed by atoms with Gasteiger partial charge in [-0.3, -0.25) is 14.4 Å². The predicted octanol–water partition coefficient (Wildman–Crippen LogP) is -0.437. The molecule has 1 saturated heterocycles. The van der Waals surface area contributed by atoms with E-state index in [4.69, 9.17) is 18.9 Å². The molecule has 2 fully saturated rings. The van der Waals surface area contributed by atoms with Gasteiger partial charge in [-0.25, -0.2) is 0 Å². The minimum Gasteiger partial charge on any atom is -0.465 e. The molecule has 0 aromatic carbocycles. The molecule has 0 spiro atoms. The lowest BCUT2D eigenvalue weighted by Gasteiger charge is -2.38. The van der Waals surface area contributed by atoms with Crippen LogP contribution in [0, 0.1) is 5.92 Å². The minimum absolute atomic E-state index is 0.0720. The van der Waals surface area contributed by atoms with E-state index >= 15 is 0 Å². The average molecular weight is 316 g/mol. The number of fused-ring (bicyclic) bond motifs is 1. The fraction of sp³-hybridized carbons (Fsp3) is 0.786. The Kier molecular flexibility index (Phi) is 4.72. The molecule has 1 saturated carbocycles. The van der Waals surface area contributed by atoms with Crippen molar-refractivity contribution in [3.63, 3.8) is 0 Å². The maximum Gasteiger partial charge on any atom is 0.302 e. The molecule has 1 aliphatic heterocycles. The lowest BCUT2D eigenvalue weighted by atomic mass is 9.74. The molecule has 0 aromatic rings. The van der Waals surface area contributed by atoms with Crippen LogP contribution >= 0.6 is 0 Å². The van der Waals surface area contributed by atoms with Crippen molar-refractivity contribution >= 4 is 17.9 Å². The molecule has 2 aliphatic rings. The van der Waals surface area contributed by atoms with Crippen molar-refractivity contribution in [2.75, 3.05) is 13.2 Å². The summed E-state index contributed by atoms with van der Waals surface area (Å²) >= 11 is 0. The standard InChI is InChI=1S/C14H20O8/c1-7(15)19-5-10-4-11(21-9(3)17)12-13(22-12)14(10,18)6-20-8(2)16/h10-13,18H,4-6H2,1-3H3/t10-,11+,12+,13+,14-/m0/s1. The smallest absolute Gasteiger partial charge is 0.302 e. The molecule has 1 heterocycles. The van der Waals surface area contributed by atoms with Crippen molar-refractivity contribution in [2.45, 2.75) is 51.1 Å². The molecule has 5 atom stereocenters. The lowest BCUT2D eigenvalue weighted by molar-refractivity contribution is -0.171. The van der Waals surface area contributed by atoms with E-state index in [1.165, 1.54) is 20.8 Å². The molecular weight excluding hydrogens is 296 g/mol. The van der Waals surface area contributed by atoms with Gasteiger partial charge >= 0.3 is 17.9 Å². The average Bonchev–Trinajstić information content (AvgIpc) is 3.19. The van der Waals surface area contributed by atoms with Crippen LogP contribution in [0.4, 0.5) is 0 Å². The largest absolute Gasteiger partial charge is 0.465 e. The Bertz CT molecular complexity index is 475. The van der Waals surface area contributed by atoms with Crippen LogP contribution in [0.1, 0.15) is 27.2 Å². The lowest BCUT2D eigenvalue weighted by Crippen LogP contribution is -2.56. The molecule has 1 N–H and O–H groups in total. The number of aliphatic hydroxyl groups is 1. The number of carbonyl (C=O) groups excluding carboxylic acids is 3. The van der Waals surface area contributed by atoms with Gasteiger partial charge in [0.2, 0.25) is 0 Å². The van der Waals surface area contributed by atoms with E-state index in [2.05, 4.69) is 0 Å². The van der Waals surface area contributed by atoms with E-state index < -0.39 is 47.7 Å². The van der Waals surface area contributed by atoms with Gasteiger partial charge in [0, 0.05) is 26.7 Å². The summed E-state index contributed by atoms with van der Waals surface area (Å²) < 4.78 is 20.5. The molecule has 0 unspecified atom stereocenters. The van der Waals surface area contributed by atoms with Gasteiger partial charge in [0.1, 0.15) is 30.5 Å². The zero-order chi connectivity index (χ0) is 16.5. The van der Waals surface area contributed by atoms with Crippen LogP contribution in [0.3, 0.4) is 0 Å². The third kappa shape index (κ3) is 3.56. The van der Waals surface area contributed by atoms with Crippen LogP contribution in [0.2, 0.25) is 0 Å². The highest BCUT2D eigenvalue weighted by atomic mass is 16.6. The molecule has 0 bridgehead atoms. The Balaban J connectivity index is 2.11. The second kappa shape index (κ2) is 6.21. The Hall–Kier alpha value is -1.67. The normalized spacial score (nSPS) is 36.0. The molecule has 124 valence electrons. The summed E-state index contributed by atoms with van der Waals surface area (Å²) in [4.78, 5) is 33.1. The zero-order valence-corrected chi connectivity index (χ0v) is 12.7. The van der Waals surface area contributed by atoms with Crippen molar-refractivity contribution in [3.05, 3.63) is 0 Å². The molecule has 22 heavy (non-hydrogen) atoms. The highest BCUT2D eigenvalue weighted by Crippen LogP contribution is 2.48. The molecule has 0 amide bonds. The number of carbonyl (C=O) groups is 3. The van der Waals surface area contributed by atoms with Gasteiger partial charge in [-0.1, -0.05) is 0 Å². The molecule has 1 aliphatic carbocycles. The van der Waals surface area contributed by atoms with Crippen LogP contribution in [0.5, 0.6) is 0 Å². The summed E-state index contributed by atoms with van der Waals surface area (Å²) in [5.74, 6) is -2.03. The van der Waals surface area contributed by atoms with E-state index in [1.807, 2.05) is 0 Å². The van der Waals surface area contributed by atoms with Crippen LogP contribution in [0.15, 0.2) is 0 Å². The van der Waals surface area contributed by atoms with Crippen molar-refractivity contribution in [3.8, 4) is 0 Å². The third-order valence-corrected chi connectivity index (χ3v) is 3.92. The van der Waals surface area contributed by atoms with Crippen LogP contribution in [0.25, 0.3) is 0 Å². The molecule has 2 rings (SSSR count). The number of hydrogen-bond donors (Lipinski definition) is 1. The van der Waals surface area contributed by atoms with Crippen molar-refractivity contribution < 1.29 is 38.4 Å². The van der Waals surface area contributed by atoms with E-state index in [0.29, 0.717) is 0 Å². The summed E-state index contributed by atoms with van der Waals surface area (Å²) in [7, 11) is 0. The Morgan fingerprint density at radius 3 is 2.32 bits per heavy atom. The number of hydrogen-bond acceptors (Lipinski definition) is 8. The Morgan fingerprint density at radius 2 is 1.77 bits per heavy atom. The quantitative estimate of drug-likeness (QED) is 0.413. The van der Waals surface area contributed by atoms with Gasteiger partial charge in [-0.05, 0) is 6.42 Å². The van der Waals surface area contributed by atoms with Crippen molar-refractivity contribution in [1.29, 1.82) is 0 Å². The van der Waals surface area contributed by atoms with E-state index in [0.717, 1.165) is 0 Å². The summed E-state index contributed by atoms with van der Waals surface area (Å²) in [6, 6.07) is 0. The van der Waals surface area contributed by atoms with Gasteiger partial charge < -0.3 is 24.1 Å². The summed E-state index contributed by atoms with van der Waals surface area (Å²) in [5, 5.41) is 10.8. The van der Waals surface area contributed by atoms with Gasteiger partial charge in [0.05, 0.1) is 6.61 Å². The first-order valence-electron chi connectivity index (χ1n) is 7.06. The first-order chi connectivity index (χ1) is 10.2. The van der Waals surface area contributed by atoms with Gasteiger partial charge in [-0.15, -0.1) is 0 Å². The second-order valence-electron chi connectivity index (χ2n) is 5.68. The molecular formula is C14H20O8. The van der Waals surface area contributed by atoms with E-state index in [1.54, 1.807) is 0 Å². The first kappa shape index (κ1) is 16.7. The topological polar surface area (TPSA) is 112 Å². The zero-order valence-electron chi connectivity index (χ0n) is 12.7. The second-order valence-corrected chi connectivity index (χ2v) is 5.68.